The Morgan fingerprint density at radius 2 is 2.00 bits per heavy atom. The number of rotatable bonds is 7. The number of nitrogens with one attached hydrogen (secondary N) is 1. The van der Waals surface area contributed by atoms with Gasteiger partial charge in [0, 0.05) is 6.07 Å². The molecule has 0 aromatic heterocycles. The number of carbonyl (C=O) groups excluding carboxylic acids is 2. The van der Waals surface area contributed by atoms with Crippen LogP contribution in [-0.2, 0) is 20.7 Å². The largest absolute Gasteiger partial charge is 0.494 e. The number of carbonyl (C=O) groups is 2. The first-order valence-corrected chi connectivity index (χ1v) is 7.41. The number of non-ortho nitro benzene ring substituents is 1. The number of nitro groups is 1. The number of hydrogen-bond donors (Lipinski definition) is 1. The summed E-state index contributed by atoms with van der Waals surface area (Å²) in [6.45, 7) is -0.561. The van der Waals surface area contributed by atoms with E-state index in [-0.39, 0.29) is 23.5 Å². The summed E-state index contributed by atoms with van der Waals surface area (Å²) in [5.41, 5.74) is 0.429. The smallest absolute Gasteiger partial charge is 0.310 e. The molecule has 0 aliphatic carbocycles. The van der Waals surface area contributed by atoms with E-state index in [1.807, 2.05) is 0 Å². The van der Waals surface area contributed by atoms with Crippen molar-refractivity contribution in [2.45, 2.75) is 6.42 Å². The van der Waals surface area contributed by atoms with E-state index < -0.39 is 29.2 Å². The van der Waals surface area contributed by atoms with Crippen LogP contribution in [0.25, 0.3) is 0 Å². The molecule has 0 saturated heterocycles. The molecular formula is C17H15FN2O6. The molecule has 0 aliphatic heterocycles. The number of benzene rings is 2. The molecule has 0 unspecified atom stereocenters. The van der Waals surface area contributed by atoms with Crippen molar-refractivity contribution in [2.24, 2.45) is 0 Å². The second kappa shape index (κ2) is 8.56. The van der Waals surface area contributed by atoms with Gasteiger partial charge in [-0.2, -0.15) is 0 Å². The van der Waals surface area contributed by atoms with E-state index >= 15 is 0 Å². The van der Waals surface area contributed by atoms with Gasteiger partial charge in [-0.3, -0.25) is 19.7 Å². The maximum Gasteiger partial charge on any atom is 0.310 e. The third-order valence-electron chi connectivity index (χ3n) is 3.27. The molecule has 2 aromatic carbocycles. The molecule has 136 valence electrons. The van der Waals surface area contributed by atoms with Crippen LogP contribution in [0.1, 0.15) is 5.56 Å². The van der Waals surface area contributed by atoms with Gasteiger partial charge in [0.25, 0.3) is 11.6 Å². The highest BCUT2D eigenvalue weighted by Gasteiger charge is 2.14. The average molecular weight is 362 g/mol. The second-order valence-corrected chi connectivity index (χ2v) is 5.16. The molecule has 2 rings (SSSR count). The summed E-state index contributed by atoms with van der Waals surface area (Å²) >= 11 is 0. The average Bonchev–Trinajstić information content (AvgIpc) is 2.60. The maximum absolute atomic E-state index is 13.1. The number of hydrogen-bond acceptors (Lipinski definition) is 6. The first kappa shape index (κ1) is 18.8. The molecule has 0 atom stereocenters. The molecule has 0 radical (unpaired) electrons. The summed E-state index contributed by atoms with van der Waals surface area (Å²) in [6.07, 6.45) is -0.175. The van der Waals surface area contributed by atoms with Crippen molar-refractivity contribution in [1.29, 1.82) is 0 Å². The zero-order valence-electron chi connectivity index (χ0n) is 13.7. The molecule has 8 nitrogen and oxygen atoms in total. The highest BCUT2D eigenvalue weighted by Crippen LogP contribution is 2.28. The van der Waals surface area contributed by atoms with Crippen molar-refractivity contribution in [1.82, 2.24) is 0 Å². The van der Waals surface area contributed by atoms with Gasteiger partial charge >= 0.3 is 5.97 Å². The molecule has 0 bridgehead atoms. The van der Waals surface area contributed by atoms with Crippen LogP contribution in [-0.4, -0.2) is 30.5 Å². The van der Waals surface area contributed by atoms with Crippen molar-refractivity contribution >= 4 is 23.3 Å². The van der Waals surface area contributed by atoms with Gasteiger partial charge in [-0.05, 0) is 23.8 Å². The lowest BCUT2D eigenvalue weighted by Gasteiger charge is -2.10. The predicted molar refractivity (Wildman–Crippen MR) is 89.3 cm³/mol. The topological polar surface area (TPSA) is 108 Å². The maximum atomic E-state index is 13.1. The Morgan fingerprint density at radius 3 is 2.65 bits per heavy atom. The van der Waals surface area contributed by atoms with Crippen LogP contribution >= 0.6 is 0 Å². The van der Waals surface area contributed by atoms with Gasteiger partial charge < -0.3 is 14.8 Å². The lowest BCUT2D eigenvalue weighted by Crippen LogP contribution is -2.22. The fourth-order valence-electron chi connectivity index (χ4n) is 2.09. The Morgan fingerprint density at radius 1 is 1.23 bits per heavy atom. The summed E-state index contributed by atoms with van der Waals surface area (Å²) < 4.78 is 22.9. The molecule has 1 N–H and O–H groups in total. The highest BCUT2D eigenvalue weighted by molar-refractivity contribution is 5.94. The van der Waals surface area contributed by atoms with Gasteiger partial charge in [-0.15, -0.1) is 0 Å². The Kier molecular flexibility index (Phi) is 6.20. The van der Waals surface area contributed by atoms with Crippen LogP contribution in [0.4, 0.5) is 15.8 Å². The van der Waals surface area contributed by atoms with E-state index in [4.69, 9.17) is 9.47 Å². The summed E-state index contributed by atoms with van der Waals surface area (Å²) in [6, 6.07) is 9.14. The number of ether oxygens (including phenoxy) is 2. The van der Waals surface area contributed by atoms with Gasteiger partial charge in [0.15, 0.2) is 6.61 Å². The molecule has 0 heterocycles. The monoisotopic (exact) mass is 362 g/mol. The summed E-state index contributed by atoms with van der Waals surface area (Å²) in [5, 5.41) is 13.2. The van der Waals surface area contributed by atoms with Crippen LogP contribution in [0.3, 0.4) is 0 Å². The Balaban J connectivity index is 1.90. The van der Waals surface area contributed by atoms with Gasteiger partial charge in [-0.1, -0.05) is 12.1 Å². The highest BCUT2D eigenvalue weighted by atomic mass is 19.1. The van der Waals surface area contributed by atoms with Crippen molar-refractivity contribution in [3.05, 3.63) is 64.0 Å². The number of anilines is 1. The lowest BCUT2D eigenvalue weighted by molar-refractivity contribution is -0.384. The summed E-state index contributed by atoms with van der Waals surface area (Å²) in [5.74, 6) is -1.72. The van der Waals surface area contributed by atoms with Crippen LogP contribution < -0.4 is 10.1 Å². The van der Waals surface area contributed by atoms with Gasteiger partial charge in [-0.25, -0.2) is 4.39 Å². The molecule has 2 aromatic rings. The van der Waals surface area contributed by atoms with Crippen molar-refractivity contribution < 1.29 is 28.4 Å². The fourth-order valence-corrected chi connectivity index (χ4v) is 2.09. The van der Waals surface area contributed by atoms with E-state index in [1.165, 1.54) is 37.4 Å². The molecule has 0 fully saturated rings. The van der Waals surface area contributed by atoms with E-state index in [2.05, 4.69) is 5.32 Å². The fraction of sp³-hybridized carbons (Fsp3) is 0.176. The molecule has 0 aliphatic rings. The first-order chi connectivity index (χ1) is 12.4. The van der Waals surface area contributed by atoms with Crippen molar-refractivity contribution in [2.75, 3.05) is 19.0 Å². The van der Waals surface area contributed by atoms with Crippen molar-refractivity contribution in [3.8, 4) is 5.75 Å². The number of methoxy groups -OCH3 is 1. The number of halogens is 1. The minimum Gasteiger partial charge on any atom is -0.494 e. The SMILES string of the molecule is COc1cc([N+](=O)[O-])ccc1NC(=O)COC(=O)Cc1cccc(F)c1. The zero-order valence-corrected chi connectivity index (χ0v) is 13.7. The zero-order chi connectivity index (χ0) is 19.1. The third kappa shape index (κ3) is 5.26. The molecule has 0 saturated carbocycles. The number of amides is 1. The lowest BCUT2D eigenvalue weighted by atomic mass is 10.1. The first-order valence-electron chi connectivity index (χ1n) is 7.41. The van der Waals surface area contributed by atoms with Crippen LogP contribution in [0.5, 0.6) is 5.75 Å². The Bertz CT molecular complexity index is 840. The van der Waals surface area contributed by atoms with E-state index in [0.29, 0.717) is 5.56 Å². The van der Waals surface area contributed by atoms with Gasteiger partial charge in [0.2, 0.25) is 0 Å². The predicted octanol–water partition coefficient (Wildman–Crippen LogP) is 2.47. The summed E-state index contributed by atoms with van der Waals surface area (Å²) in [4.78, 5) is 33.7. The van der Waals surface area contributed by atoms with E-state index in [1.54, 1.807) is 6.07 Å². The standard InChI is InChI=1S/C17H15FN2O6/c1-25-15-9-13(20(23)24)5-6-14(15)19-16(21)10-26-17(22)8-11-3-2-4-12(18)7-11/h2-7,9H,8,10H2,1H3,(H,19,21). The van der Waals surface area contributed by atoms with E-state index in [9.17, 15) is 24.1 Å². The van der Waals surface area contributed by atoms with Crippen LogP contribution in [0, 0.1) is 15.9 Å². The molecule has 26 heavy (non-hydrogen) atoms. The minimum atomic E-state index is -0.693. The summed E-state index contributed by atoms with van der Waals surface area (Å²) in [7, 11) is 1.30. The molecular weight excluding hydrogens is 347 g/mol. The number of esters is 1. The van der Waals surface area contributed by atoms with Gasteiger partial charge in [0.05, 0.1) is 30.2 Å². The van der Waals surface area contributed by atoms with Crippen molar-refractivity contribution in [3.63, 3.8) is 0 Å². The molecule has 9 heteroatoms. The third-order valence-corrected chi connectivity index (χ3v) is 3.27. The number of nitro benzene ring substituents is 1. The van der Waals surface area contributed by atoms with Crippen LogP contribution in [0.2, 0.25) is 0 Å². The minimum absolute atomic E-state index is 0.0960. The number of nitrogens with zero attached hydrogens (tertiary/aromatic N) is 1. The van der Waals surface area contributed by atoms with Gasteiger partial charge in [0.1, 0.15) is 11.6 Å². The quantitative estimate of drug-likeness (QED) is 0.460. The van der Waals surface area contributed by atoms with Crippen LogP contribution in [0.15, 0.2) is 42.5 Å². The van der Waals surface area contributed by atoms with E-state index in [0.717, 1.165) is 6.07 Å². The Labute approximate surface area is 147 Å². The second-order valence-electron chi connectivity index (χ2n) is 5.16. The molecule has 1 amide bonds. The normalized spacial score (nSPS) is 10.1. The molecule has 0 spiro atoms. The Hall–Kier alpha value is -3.49.